The van der Waals surface area contributed by atoms with E-state index in [0.717, 1.165) is 0 Å². The lowest BCUT2D eigenvalue weighted by molar-refractivity contribution is -0.781. The molecule has 0 aliphatic heterocycles. The smallest absolute Gasteiger partial charge is 0.334 e. The summed E-state index contributed by atoms with van der Waals surface area (Å²) in [6, 6.07) is 0.625. The van der Waals surface area contributed by atoms with Crippen LogP contribution in [0.1, 0.15) is 0 Å². The van der Waals surface area contributed by atoms with E-state index >= 15 is 0 Å². The third-order valence-corrected chi connectivity index (χ3v) is 2.05. The van der Waals surface area contributed by atoms with Crippen LogP contribution in [0.5, 0.6) is 0 Å². The Balaban J connectivity index is 2.97. The first-order valence-electron chi connectivity index (χ1n) is 4.04. The Hall–Kier alpha value is -2.98. The maximum Gasteiger partial charge on any atom is 0.334 e. The zero-order valence-corrected chi connectivity index (χ0v) is 7.89. The van der Waals surface area contributed by atoms with Crippen molar-refractivity contribution >= 4 is 28.1 Å². The Morgan fingerprint density at radius 1 is 1.29 bits per heavy atom. The number of hydrogen-bond donors (Lipinski definition) is 1. The van der Waals surface area contributed by atoms with E-state index in [1.165, 1.54) is 0 Å². The van der Waals surface area contributed by atoms with Gasteiger partial charge in [-0.3, -0.25) is 24.9 Å². The van der Waals surface area contributed by atoms with Crippen molar-refractivity contribution in [2.24, 2.45) is 0 Å². The number of anilines is 1. The maximum atomic E-state index is 11.1. The molecule has 2 aromatic rings. The van der Waals surface area contributed by atoms with Crippen LogP contribution in [0.4, 0.5) is 17.1 Å². The largest absolute Gasteiger partial charge is 0.389 e. The summed E-state index contributed by atoms with van der Waals surface area (Å²) in [4.78, 5) is 19.2. The van der Waals surface area contributed by atoms with Gasteiger partial charge in [-0.2, -0.15) is 0 Å². The summed E-state index contributed by atoms with van der Waals surface area (Å²) in [6.45, 7) is 0. The molecule has 88 valence electrons. The lowest BCUT2D eigenvalue weighted by atomic mass is 10.2. The number of nitrogen functional groups attached to an aromatic ring is 1. The average molecular weight is 241 g/mol. The van der Waals surface area contributed by atoms with Gasteiger partial charge in [0.25, 0.3) is 5.52 Å². The van der Waals surface area contributed by atoms with E-state index in [2.05, 4.69) is 9.79 Å². The highest BCUT2D eigenvalue weighted by molar-refractivity contribution is 5.95. The SMILES string of the molecule is Nc1c([N+](=O)[O-])cc([N+](=O)[O-])c2no[n+]([O-])c12. The summed E-state index contributed by atoms with van der Waals surface area (Å²) in [5.74, 6) is 0. The highest BCUT2D eigenvalue weighted by atomic mass is 16.8. The zero-order valence-electron chi connectivity index (χ0n) is 7.89. The molecule has 1 heterocycles. The standard InChI is InChI=1S/C6H3N5O6/c7-4-2(9(12)13)1-3(10(14)15)5-6(4)11(16)17-8-5/h1H,7H2. The van der Waals surface area contributed by atoms with Crippen molar-refractivity contribution in [1.29, 1.82) is 0 Å². The zero-order chi connectivity index (χ0) is 12.7. The number of hydrogen-bond acceptors (Lipinski definition) is 8. The number of benzene rings is 1. The van der Waals surface area contributed by atoms with E-state index in [1.54, 1.807) is 0 Å². The van der Waals surface area contributed by atoms with Gasteiger partial charge < -0.3 is 10.9 Å². The number of nitro benzene ring substituents is 2. The number of nitrogens with two attached hydrogens (primary N) is 1. The topological polar surface area (TPSA) is 165 Å². The second-order valence-corrected chi connectivity index (χ2v) is 2.97. The van der Waals surface area contributed by atoms with E-state index in [1.807, 2.05) is 0 Å². The number of aromatic nitrogens is 2. The van der Waals surface area contributed by atoms with Gasteiger partial charge in [0.1, 0.15) is 6.07 Å². The lowest BCUT2D eigenvalue weighted by Gasteiger charge is -1.96. The first kappa shape index (κ1) is 10.5. The normalized spacial score (nSPS) is 10.6. The van der Waals surface area contributed by atoms with Crippen LogP contribution < -0.4 is 10.6 Å². The van der Waals surface area contributed by atoms with E-state index in [4.69, 9.17) is 5.73 Å². The van der Waals surface area contributed by atoms with Gasteiger partial charge in [-0.25, -0.2) is 0 Å². The van der Waals surface area contributed by atoms with Crippen molar-refractivity contribution in [1.82, 2.24) is 5.16 Å². The molecule has 1 aromatic heterocycles. The molecular weight excluding hydrogens is 238 g/mol. The Labute approximate surface area is 90.9 Å². The number of fused-ring (bicyclic) bond motifs is 1. The molecule has 1 aromatic carbocycles. The predicted molar refractivity (Wildman–Crippen MR) is 50.7 cm³/mol. The van der Waals surface area contributed by atoms with Crippen molar-refractivity contribution in [2.45, 2.75) is 0 Å². The van der Waals surface area contributed by atoms with Gasteiger partial charge in [-0.15, -0.1) is 0 Å². The minimum atomic E-state index is -0.936. The summed E-state index contributed by atoms with van der Waals surface area (Å²) in [5.41, 5.74) is 2.36. The molecule has 0 bridgehead atoms. The van der Waals surface area contributed by atoms with Crippen LogP contribution in [0, 0.1) is 25.4 Å². The summed E-state index contributed by atoms with van der Waals surface area (Å²) in [5, 5.41) is 35.5. The molecule has 2 N–H and O–H groups in total. The van der Waals surface area contributed by atoms with Crippen LogP contribution in [0.3, 0.4) is 0 Å². The minimum absolute atomic E-state index is 0.218. The van der Waals surface area contributed by atoms with Crippen LogP contribution in [0.25, 0.3) is 11.0 Å². The van der Waals surface area contributed by atoms with Gasteiger partial charge in [0.05, 0.1) is 15.0 Å². The molecule has 11 nitrogen and oxygen atoms in total. The molecule has 0 saturated carbocycles. The molecule has 0 fully saturated rings. The highest BCUT2D eigenvalue weighted by Gasteiger charge is 2.32. The third-order valence-electron chi connectivity index (χ3n) is 2.05. The molecule has 0 saturated heterocycles. The molecule has 0 unspecified atom stereocenters. The second kappa shape index (κ2) is 3.26. The maximum absolute atomic E-state index is 11.1. The number of non-ortho nitro benzene ring substituents is 1. The number of nitro groups is 2. The third kappa shape index (κ3) is 1.37. The Morgan fingerprint density at radius 3 is 2.41 bits per heavy atom. The quantitative estimate of drug-likeness (QED) is 0.328. The van der Waals surface area contributed by atoms with Crippen LogP contribution in [-0.2, 0) is 0 Å². The molecule has 2 rings (SSSR count). The fraction of sp³-hybridized carbons (Fsp3) is 0. The monoisotopic (exact) mass is 241 g/mol. The first-order chi connectivity index (χ1) is 7.93. The molecule has 0 aliphatic carbocycles. The van der Waals surface area contributed by atoms with E-state index in [-0.39, 0.29) is 4.90 Å². The molecule has 0 atom stereocenters. The fourth-order valence-electron chi connectivity index (χ4n) is 1.33. The summed E-state index contributed by atoms with van der Waals surface area (Å²) in [6.07, 6.45) is 0. The van der Waals surface area contributed by atoms with Crippen LogP contribution in [0.15, 0.2) is 10.7 Å². The van der Waals surface area contributed by atoms with Gasteiger partial charge in [0.2, 0.25) is 0 Å². The van der Waals surface area contributed by atoms with Gasteiger partial charge in [-0.1, -0.05) is 0 Å². The Morgan fingerprint density at radius 2 is 1.88 bits per heavy atom. The highest BCUT2D eigenvalue weighted by Crippen LogP contribution is 2.34. The number of rotatable bonds is 2. The van der Waals surface area contributed by atoms with Crippen molar-refractivity contribution in [3.63, 3.8) is 0 Å². The van der Waals surface area contributed by atoms with Crippen LogP contribution in [0.2, 0.25) is 0 Å². The van der Waals surface area contributed by atoms with Gasteiger partial charge >= 0.3 is 16.9 Å². The van der Waals surface area contributed by atoms with E-state index in [9.17, 15) is 25.4 Å². The molecule has 17 heavy (non-hydrogen) atoms. The first-order valence-corrected chi connectivity index (χ1v) is 4.04. The molecule has 0 radical (unpaired) electrons. The van der Waals surface area contributed by atoms with Gasteiger partial charge in [0, 0.05) is 0 Å². The molecular formula is C6H3N5O6. The number of nitrogens with zero attached hydrogens (tertiary/aromatic N) is 4. The molecule has 0 spiro atoms. The summed E-state index contributed by atoms with van der Waals surface area (Å²) in [7, 11) is 0. The van der Waals surface area contributed by atoms with E-state index in [0.29, 0.717) is 6.07 Å². The average Bonchev–Trinajstić information content (AvgIpc) is 2.61. The fourth-order valence-corrected chi connectivity index (χ4v) is 1.33. The van der Waals surface area contributed by atoms with Crippen LogP contribution >= 0.6 is 0 Å². The van der Waals surface area contributed by atoms with Crippen molar-refractivity contribution in [2.75, 3.05) is 5.73 Å². The molecule has 0 amide bonds. The molecule has 0 aliphatic rings. The summed E-state index contributed by atoms with van der Waals surface area (Å²) >= 11 is 0. The second-order valence-electron chi connectivity index (χ2n) is 2.97. The van der Waals surface area contributed by atoms with Crippen molar-refractivity contribution < 1.29 is 19.4 Å². The predicted octanol–water partition coefficient (Wildman–Crippen LogP) is -0.140. The molecule has 11 heteroatoms. The minimum Gasteiger partial charge on any atom is -0.389 e. The van der Waals surface area contributed by atoms with Crippen molar-refractivity contribution in [3.05, 3.63) is 31.5 Å². The van der Waals surface area contributed by atoms with Crippen LogP contribution in [-0.4, -0.2) is 15.0 Å². The van der Waals surface area contributed by atoms with Gasteiger partial charge in [0.15, 0.2) is 5.69 Å². The lowest BCUT2D eigenvalue weighted by Crippen LogP contribution is -2.24. The van der Waals surface area contributed by atoms with Gasteiger partial charge in [-0.05, 0) is 4.90 Å². The van der Waals surface area contributed by atoms with E-state index < -0.39 is 37.9 Å². The summed E-state index contributed by atoms with van der Waals surface area (Å²) < 4.78 is 4.13. The Kier molecular flexibility index (Phi) is 2.02. The Bertz CT molecular complexity index is 648. The van der Waals surface area contributed by atoms with Crippen molar-refractivity contribution in [3.8, 4) is 0 Å².